The summed E-state index contributed by atoms with van der Waals surface area (Å²) in [7, 11) is 0. The molecule has 112 valence electrons. The van der Waals surface area contributed by atoms with Crippen LogP contribution in [0.25, 0.3) is 0 Å². The molecule has 0 fully saturated rings. The lowest BCUT2D eigenvalue weighted by Gasteiger charge is -2.11. The third kappa shape index (κ3) is 5.94. The molecule has 1 heterocycles. The molecule has 1 rings (SSSR count). The van der Waals surface area contributed by atoms with Crippen LogP contribution in [0.15, 0.2) is 15.8 Å². The van der Waals surface area contributed by atoms with Crippen LogP contribution in [-0.2, 0) is 4.79 Å². The first kappa shape index (κ1) is 17.6. The number of hydrogen-bond donors (Lipinski definition) is 3. The van der Waals surface area contributed by atoms with Crippen LogP contribution in [-0.4, -0.2) is 32.7 Å². The molecule has 1 atom stereocenters. The minimum Gasteiger partial charge on any atom is -0.481 e. The average molecular weight is 289 g/mol. The Morgan fingerprint density at radius 3 is 2.45 bits per heavy atom. The van der Waals surface area contributed by atoms with Crippen LogP contribution in [0.2, 0.25) is 0 Å². The van der Waals surface area contributed by atoms with E-state index in [1.807, 2.05) is 6.92 Å². The summed E-state index contributed by atoms with van der Waals surface area (Å²) in [5.41, 5.74) is -2.11. The van der Waals surface area contributed by atoms with Gasteiger partial charge in [0.05, 0.1) is 6.20 Å². The summed E-state index contributed by atoms with van der Waals surface area (Å²) in [6.07, 6.45) is 1.24. The van der Waals surface area contributed by atoms with E-state index in [2.05, 4.69) is 5.32 Å². The summed E-state index contributed by atoms with van der Waals surface area (Å²) < 4.78 is 13.3. The van der Waals surface area contributed by atoms with E-state index in [9.17, 15) is 18.8 Å². The van der Waals surface area contributed by atoms with E-state index >= 15 is 0 Å². The number of nitrogens with zero attached hydrogens (tertiary/aromatic N) is 1. The molecule has 8 nitrogen and oxygen atoms in total. The summed E-state index contributed by atoms with van der Waals surface area (Å²) in [6.45, 7) is 4.67. The van der Waals surface area contributed by atoms with Crippen molar-refractivity contribution < 1.29 is 19.1 Å². The highest BCUT2D eigenvalue weighted by Gasteiger charge is 2.12. The lowest BCUT2D eigenvalue weighted by atomic mass is 10.3. The molecule has 0 spiro atoms. The normalized spacial score (nSPS) is 11.0. The molecule has 20 heavy (non-hydrogen) atoms. The number of carbonyl (C=O) groups excluding carboxylic acids is 1. The van der Waals surface area contributed by atoms with Crippen LogP contribution in [0.5, 0.6) is 0 Å². The van der Waals surface area contributed by atoms with E-state index in [0.717, 1.165) is 6.92 Å². The molecule has 0 aliphatic carbocycles. The molecular weight excluding hydrogens is 273 g/mol. The third-order valence-electron chi connectivity index (χ3n) is 2.10. The Hall–Kier alpha value is -2.45. The Labute approximate surface area is 113 Å². The highest BCUT2D eigenvalue weighted by atomic mass is 19.1. The number of carbonyl (C=O) groups is 2. The molecule has 0 aliphatic rings. The number of carboxylic acids is 1. The maximum absolute atomic E-state index is 12.9. The van der Waals surface area contributed by atoms with Crippen LogP contribution < -0.4 is 16.6 Å². The number of aromatic nitrogens is 2. The summed E-state index contributed by atoms with van der Waals surface area (Å²) in [5.74, 6) is -2.01. The van der Waals surface area contributed by atoms with Gasteiger partial charge in [-0.05, 0) is 13.3 Å². The standard InChI is InChI=1S/C9H12FN3O3.C2H4O2/c1-3-5(2)11-8(15)13-4-6(10)7(14)12-9(13)16;1-2(3)4/h4-5H,3H2,1-2H3,(H,11,15)(H,12,14,16);1H3,(H,3,4). The van der Waals surface area contributed by atoms with Crippen molar-refractivity contribution in [3.63, 3.8) is 0 Å². The highest BCUT2D eigenvalue weighted by molar-refractivity contribution is 5.76. The van der Waals surface area contributed by atoms with Gasteiger partial charge in [-0.1, -0.05) is 6.92 Å². The molecule has 1 aromatic heterocycles. The molecular formula is C11H16FN3O5. The zero-order valence-corrected chi connectivity index (χ0v) is 11.3. The molecule has 9 heteroatoms. The number of nitrogens with one attached hydrogen (secondary N) is 2. The fourth-order valence-corrected chi connectivity index (χ4v) is 0.981. The van der Waals surface area contributed by atoms with Gasteiger partial charge in [-0.2, -0.15) is 4.39 Å². The van der Waals surface area contributed by atoms with Crippen LogP contribution in [0.3, 0.4) is 0 Å². The number of halogens is 1. The van der Waals surface area contributed by atoms with Gasteiger partial charge in [0, 0.05) is 13.0 Å². The van der Waals surface area contributed by atoms with Crippen molar-refractivity contribution >= 4 is 12.0 Å². The van der Waals surface area contributed by atoms with Crippen molar-refractivity contribution in [3.8, 4) is 0 Å². The maximum Gasteiger partial charge on any atom is 0.336 e. The number of rotatable bonds is 2. The topological polar surface area (TPSA) is 121 Å². The molecule has 1 amide bonds. The zero-order chi connectivity index (χ0) is 15.9. The lowest BCUT2D eigenvalue weighted by Crippen LogP contribution is -2.43. The first-order valence-electron chi connectivity index (χ1n) is 5.70. The quantitative estimate of drug-likeness (QED) is 0.714. The number of H-pyrrole nitrogens is 1. The number of aliphatic carboxylic acids is 1. The summed E-state index contributed by atoms with van der Waals surface area (Å²) in [5, 5.41) is 9.89. The van der Waals surface area contributed by atoms with Gasteiger partial charge in [-0.15, -0.1) is 0 Å². The predicted molar refractivity (Wildman–Crippen MR) is 68.3 cm³/mol. The van der Waals surface area contributed by atoms with Crippen molar-refractivity contribution in [2.24, 2.45) is 0 Å². The second-order valence-electron chi connectivity index (χ2n) is 3.88. The molecule has 1 unspecified atom stereocenters. The molecule has 0 aliphatic heterocycles. The van der Waals surface area contributed by atoms with Crippen molar-refractivity contribution in [2.45, 2.75) is 33.2 Å². The largest absolute Gasteiger partial charge is 0.481 e. The average Bonchev–Trinajstić information content (AvgIpc) is 2.32. The van der Waals surface area contributed by atoms with Gasteiger partial charge in [-0.25, -0.2) is 14.2 Å². The molecule has 0 aromatic carbocycles. The van der Waals surface area contributed by atoms with Gasteiger partial charge >= 0.3 is 11.7 Å². The van der Waals surface area contributed by atoms with Gasteiger partial charge in [0.25, 0.3) is 11.5 Å². The lowest BCUT2D eigenvalue weighted by molar-refractivity contribution is -0.134. The Bertz CT molecular complexity index is 588. The van der Waals surface area contributed by atoms with E-state index < -0.39 is 29.1 Å². The van der Waals surface area contributed by atoms with Gasteiger partial charge in [-0.3, -0.25) is 14.6 Å². The molecule has 1 aromatic rings. The van der Waals surface area contributed by atoms with E-state index in [1.54, 1.807) is 11.9 Å². The molecule has 0 saturated carbocycles. The van der Waals surface area contributed by atoms with E-state index in [-0.39, 0.29) is 6.04 Å². The number of aromatic amines is 1. The van der Waals surface area contributed by atoms with Crippen LogP contribution in [0, 0.1) is 5.82 Å². The Kier molecular flexibility index (Phi) is 6.91. The van der Waals surface area contributed by atoms with E-state index in [4.69, 9.17) is 9.90 Å². The van der Waals surface area contributed by atoms with Crippen LogP contribution in [0.1, 0.15) is 27.2 Å². The van der Waals surface area contributed by atoms with Crippen molar-refractivity contribution in [1.82, 2.24) is 14.9 Å². The highest BCUT2D eigenvalue weighted by Crippen LogP contribution is 1.90. The van der Waals surface area contributed by atoms with E-state index in [0.29, 0.717) is 17.2 Å². The summed E-state index contributed by atoms with van der Waals surface area (Å²) in [4.78, 5) is 44.1. The number of hydrogen-bond acceptors (Lipinski definition) is 4. The maximum atomic E-state index is 12.9. The molecule has 0 saturated heterocycles. The zero-order valence-electron chi connectivity index (χ0n) is 11.3. The van der Waals surface area contributed by atoms with Gasteiger partial charge < -0.3 is 10.4 Å². The van der Waals surface area contributed by atoms with Crippen LogP contribution in [0.4, 0.5) is 9.18 Å². The smallest absolute Gasteiger partial charge is 0.336 e. The fourth-order valence-electron chi connectivity index (χ4n) is 0.981. The second-order valence-corrected chi connectivity index (χ2v) is 3.88. The van der Waals surface area contributed by atoms with E-state index in [1.165, 1.54) is 0 Å². The first-order valence-corrected chi connectivity index (χ1v) is 5.70. The third-order valence-corrected chi connectivity index (χ3v) is 2.10. The SMILES string of the molecule is CC(=O)O.CCC(C)NC(=O)n1cc(F)c(=O)[nH]c1=O. The summed E-state index contributed by atoms with van der Waals surface area (Å²) >= 11 is 0. The van der Waals surface area contributed by atoms with Crippen molar-refractivity contribution in [1.29, 1.82) is 0 Å². The minimum atomic E-state index is -1.18. The monoisotopic (exact) mass is 289 g/mol. The summed E-state index contributed by atoms with van der Waals surface area (Å²) in [6, 6.07) is -0.913. The number of carboxylic acid groups (broad SMARTS) is 1. The Balaban J connectivity index is 0.000000796. The van der Waals surface area contributed by atoms with Gasteiger partial charge in [0.2, 0.25) is 5.82 Å². The molecule has 3 N–H and O–H groups in total. The Morgan fingerprint density at radius 1 is 1.50 bits per heavy atom. The predicted octanol–water partition coefficient (Wildman–Crippen LogP) is 0.123. The minimum absolute atomic E-state index is 0.144. The van der Waals surface area contributed by atoms with Crippen molar-refractivity contribution in [3.05, 3.63) is 32.9 Å². The Morgan fingerprint density at radius 2 is 2.00 bits per heavy atom. The van der Waals surface area contributed by atoms with Crippen LogP contribution >= 0.6 is 0 Å². The molecule has 0 radical (unpaired) electrons. The fraction of sp³-hybridized carbons (Fsp3) is 0.455. The first-order chi connectivity index (χ1) is 9.18. The second kappa shape index (κ2) is 7.87. The van der Waals surface area contributed by atoms with Gasteiger partial charge in [0.15, 0.2) is 0 Å². The van der Waals surface area contributed by atoms with Gasteiger partial charge in [0.1, 0.15) is 0 Å². The molecule has 0 bridgehead atoms. The number of amides is 1. The van der Waals surface area contributed by atoms with Crippen molar-refractivity contribution in [2.75, 3.05) is 0 Å².